The molecule has 3 rings (SSSR count). The molecule has 0 aliphatic heterocycles. The highest BCUT2D eigenvalue weighted by atomic mass is 16.5. The van der Waals surface area contributed by atoms with Gasteiger partial charge in [-0.05, 0) is 35.6 Å². The van der Waals surface area contributed by atoms with Crippen LogP contribution in [0.25, 0.3) is 6.08 Å². The molecule has 3 nitrogen and oxygen atoms in total. The minimum absolute atomic E-state index is 0.566. The van der Waals surface area contributed by atoms with E-state index < -0.39 is 0 Å². The smallest absolute Gasteiger partial charge is 0.233 e. The van der Waals surface area contributed by atoms with Crippen LogP contribution in [0.3, 0.4) is 0 Å². The molecule has 1 fully saturated rings. The van der Waals surface area contributed by atoms with Gasteiger partial charge in [0.15, 0.2) is 11.5 Å². The van der Waals surface area contributed by atoms with Crippen molar-refractivity contribution in [2.24, 2.45) is 11.6 Å². The molecule has 0 saturated heterocycles. The maximum atomic E-state index is 6.00. The lowest BCUT2D eigenvalue weighted by Crippen LogP contribution is -2.22. The molecule has 0 aromatic heterocycles. The molecule has 0 amide bonds. The Hall–Kier alpha value is -2.20. The number of benzene rings is 2. The molecule has 0 heterocycles. The van der Waals surface area contributed by atoms with Gasteiger partial charge in [-0.3, -0.25) is 0 Å². The van der Waals surface area contributed by atoms with Crippen LogP contribution < -0.4 is 20.6 Å². The summed E-state index contributed by atoms with van der Waals surface area (Å²) in [5.41, 5.74) is 9.23. The van der Waals surface area contributed by atoms with Gasteiger partial charge in [0.2, 0.25) is 7.41 Å². The van der Waals surface area contributed by atoms with E-state index >= 15 is 0 Å². The maximum Gasteiger partial charge on any atom is 0.233 e. The predicted molar refractivity (Wildman–Crippen MR) is 96.8 cm³/mol. The van der Waals surface area contributed by atoms with Crippen molar-refractivity contribution in [1.29, 1.82) is 0 Å². The zero-order chi connectivity index (χ0) is 16.2. The topological polar surface area (TPSA) is 44.5 Å². The lowest BCUT2D eigenvalue weighted by molar-refractivity contribution is 0.278. The van der Waals surface area contributed by atoms with Gasteiger partial charge in [-0.1, -0.05) is 48.4 Å². The summed E-state index contributed by atoms with van der Waals surface area (Å²) >= 11 is 0. The van der Waals surface area contributed by atoms with E-state index in [-0.39, 0.29) is 0 Å². The first-order valence-electron chi connectivity index (χ1n) is 7.97. The van der Waals surface area contributed by atoms with Crippen LogP contribution in [0.15, 0.2) is 49.0 Å². The van der Waals surface area contributed by atoms with Gasteiger partial charge in [0.1, 0.15) is 0 Å². The third-order valence-corrected chi connectivity index (χ3v) is 4.44. The number of hydrogen-bond donors (Lipinski definition) is 1. The first-order chi connectivity index (χ1) is 11.2. The van der Waals surface area contributed by atoms with Gasteiger partial charge in [-0.15, -0.1) is 0 Å². The second kappa shape index (κ2) is 6.92. The van der Waals surface area contributed by atoms with Gasteiger partial charge in [-0.2, -0.15) is 0 Å². The van der Waals surface area contributed by atoms with E-state index in [2.05, 4.69) is 30.8 Å². The Balaban J connectivity index is 1.60. The Bertz CT molecular complexity index is 684. The Morgan fingerprint density at radius 2 is 2.00 bits per heavy atom. The summed E-state index contributed by atoms with van der Waals surface area (Å²) in [4.78, 5) is 0. The molecule has 0 bridgehead atoms. The average molecular weight is 307 g/mol. The molecule has 23 heavy (non-hydrogen) atoms. The summed E-state index contributed by atoms with van der Waals surface area (Å²) < 4.78 is 11.4. The Morgan fingerprint density at radius 1 is 1.22 bits per heavy atom. The summed E-state index contributed by atoms with van der Waals surface area (Å²) in [6.45, 7) is 4.50. The van der Waals surface area contributed by atoms with Gasteiger partial charge >= 0.3 is 0 Å². The van der Waals surface area contributed by atoms with E-state index in [0.717, 1.165) is 17.1 Å². The maximum absolute atomic E-state index is 6.00. The van der Waals surface area contributed by atoms with Gasteiger partial charge < -0.3 is 15.1 Å². The summed E-state index contributed by atoms with van der Waals surface area (Å²) in [6, 6.07) is 14.5. The van der Waals surface area contributed by atoms with Gasteiger partial charge in [0, 0.05) is 5.92 Å². The highest BCUT2D eigenvalue weighted by Gasteiger charge is 2.38. The first kappa shape index (κ1) is 15.7. The van der Waals surface area contributed by atoms with E-state index in [4.69, 9.17) is 15.1 Å². The fourth-order valence-corrected chi connectivity index (χ4v) is 2.87. The molecular weight excluding hydrogens is 285 g/mol. The molecule has 4 heteroatoms. The summed E-state index contributed by atoms with van der Waals surface area (Å²) in [5.74, 6) is 2.71. The molecular formula is C19H22BNO2. The van der Waals surface area contributed by atoms with E-state index in [1.54, 1.807) is 7.11 Å². The number of methoxy groups -OCH3 is 1. The second-order valence-electron chi connectivity index (χ2n) is 5.97. The van der Waals surface area contributed by atoms with Crippen molar-refractivity contribution in [2.45, 2.75) is 12.3 Å². The Kier molecular flexibility index (Phi) is 4.72. The minimum Gasteiger partial charge on any atom is -0.493 e. The summed E-state index contributed by atoms with van der Waals surface area (Å²) in [6.07, 6.45) is 2.98. The van der Waals surface area contributed by atoms with E-state index in [1.165, 1.54) is 17.4 Å². The molecule has 2 aromatic rings. The fraction of sp³-hybridized carbons (Fsp3) is 0.263. The number of hydrogen-bond acceptors (Lipinski definition) is 3. The SMILES string of the molecule is C=Cc1ccc(OC)c(OC[C@@H]2C[C@H]2c2ccc(BN)cc2)c1. The van der Waals surface area contributed by atoms with Crippen molar-refractivity contribution >= 4 is 19.0 Å². The first-order valence-corrected chi connectivity index (χ1v) is 7.97. The highest BCUT2D eigenvalue weighted by Crippen LogP contribution is 2.47. The van der Waals surface area contributed by atoms with Gasteiger partial charge in [0.05, 0.1) is 13.7 Å². The molecule has 2 N–H and O–H groups in total. The minimum atomic E-state index is 0.566. The lowest BCUT2D eigenvalue weighted by Gasteiger charge is -2.11. The van der Waals surface area contributed by atoms with Crippen molar-refractivity contribution in [1.82, 2.24) is 0 Å². The monoisotopic (exact) mass is 307 g/mol. The molecule has 1 aliphatic rings. The van der Waals surface area contributed by atoms with E-state index in [9.17, 15) is 0 Å². The second-order valence-corrected chi connectivity index (χ2v) is 5.97. The van der Waals surface area contributed by atoms with Gasteiger partial charge in [-0.25, -0.2) is 0 Å². The Morgan fingerprint density at radius 3 is 2.65 bits per heavy atom. The number of nitrogens with two attached hydrogens (primary N) is 1. The van der Waals surface area contributed by atoms with Crippen LogP contribution in [0.2, 0.25) is 0 Å². The molecule has 1 aliphatic carbocycles. The Labute approximate surface area is 138 Å². The van der Waals surface area contributed by atoms with E-state index in [0.29, 0.717) is 25.9 Å². The highest BCUT2D eigenvalue weighted by molar-refractivity contribution is 6.49. The van der Waals surface area contributed by atoms with Crippen LogP contribution in [-0.4, -0.2) is 21.1 Å². The van der Waals surface area contributed by atoms with Crippen LogP contribution in [-0.2, 0) is 0 Å². The van der Waals surface area contributed by atoms with Crippen LogP contribution in [0, 0.1) is 5.92 Å². The van der Waals surface area contributed by atoms with Crippen LogP contribution in [0.5, 0.6) is 11.5 Å². The molecule has 2 aromatic carbocycles. The van der Waals surface area contributed by atoms with Crippen LogP contribution >= 0.6 is 0 Å². The van der Waals surface area contributed by atoms with Crippen LogP contribution in [0.4, 0.5) is 0 Å². The average Bonchev–Trinajstić information content (AvgIpc) is 3.39. The molecule has 0 radical (unpaired) electrons. The van der Waals surface area contributed by atoms with E-state index in [1.807, 2.05) is 24.3 Å². The lowest BCUT2D eigenvalue weighted by atomic mass is 9.84. The molecule has 2 atom stereocenters. The van der Waals surface area contributed by atoms with Gasteiger partial charge in [0.25, 0.3) is 0 Å². The molecule has 118 valence electrons. The number of rotatable bonds is 7. The summed E-state index contributed by atoms with van der Waals surface area (Å²) in [5, 5.41) is 0. The number of ether oxygens (including phenoxy) is 2. The quantitative estimate of drug-likeness (QED) is 0.799. The summed E-state index contributed by atoms with van der Waals surface area (Å²) in [7, 11) is 2.26. The zero-order valence-corrected chi connectivity index (χ0v) is 13.5. The molecule has 0 spiro atoms. The van der Waals surface area contributed by atoms with Crippen LogP contribution in [0.1, 0.15) is 23.5 Å². The standard InChI is InChI=1S/C19H22BNO2/c1-3-13-4-9-18(22-2)19(10-13)23-12-15-11-17(15)14-5-7-16(20-21)8-6-14/h3-10,15,17,20H,1,11-12,21H2,2H3/t15-,17-/m0/s1. The fourth-order valence-electron chi connectivity index (χ4n) is 2.87. The van der Waals surface area contributed by atoms with Crippen molar-refractivity contribution in [2.75, 3.05) is 13.7 Å². The normalized spacial score (nSPS) is 19.0. The predicted octanol–water partition coefficient (Wildman–Crippen LogP) is 2.46. The van der Waals surface area contributed by atoms with Crippen molar-refractivity contribution in [3.63, 3.8) is 0 Å². The zero-order valence-electron chi connectivity index (χ0n) is 13.5. The third-order valence-electron chi connectivity index (χ3n) is 4.44. The largest absolute Gasteiger partial charge is 0.493 e. The van der Waals surface area contributed by atoms with Crippen molar-refractivity contribution in [3.8, 4) is 11.5 Å². The molecule has 1 saturated carbocycles. The van der Waals surface area contributed by atoms with Crippen molar-refractivity contribution < 1.29 is 9.47 Å². The molecule has 0 unspecified atom stereocenters. The third kappa shape index (κ3) is 3.59. The van der Waals surface area contributed by atoms with Crippen molar-refractivity contribution in [3.05, 3.63) is 60.2 Å².